The molecule has 2 heteroatoms. The van der Waals surface area contributed by atoms with E-state index >= 15 is 0 Å². The zero-order valence-corrected chi connectivity index (χ0v) is 7.73. The van der Waals surface area contributed by atoms with Gasteiger partial charge >= 0.3 is 0 Å². The first-order chi connectivity index (χ1) is 6.31. The van der Waals surface area contributed by atoms with Crippen LogP contribution in [0.2, 0.25) is 0 Å². The molecule has 68 valence electrons. The van der Waals surface area contributed by atoms with Crippen molar-refractivity contribution in [2.75, 3.05) is 0 Å². The van der Waals surface area contributed by atoms with Crippen molar-refractivity contribution in [3.05, 3.63) is 40.3 Å². The molecule has 1 saturated carbocycles. The summed E-state index contributed by atoms with van der Waals surface area (Å²) in [7, 11) is 0. The molecule has 0 radical (unpaired) electrons. The SMILES string of the molecule is Cc1ccc(C(N=O)C2CC2)cc1. The van der Waals surface area contributed by atoms with Crippen molar-refractivity contribution in [2.45, 2.75) is 25.8 Å². The normalized spacial score (nSPS) is 18.2. The molecular weight excluding hydrogens is 162 g/mol. The molecule has 1 unspecified atom stereocenters. The minimum atomic E-state index is -0.0967. The molecule has 0 aliphatic heterocycles. The van der Waals surface area contributed by atoms with Gasteiger partial charge in [0.2, 0.25) is 0 Å². The maximum Gasteiger partial charge on any atom is 0.120 e. The van der Waals surface area contributed by atoms with Crippen LogP contribution in [-0.4, -0.2) is 0 Å². The lowest BCUT2D eigenvalue weighted by Crippen LogP contribution is -1.96. The molecule has 0 amide bonds. The van der Waals surface area contributed by atoms with E-state index in [-0.39, 0.29) is 6.04 Å². The molecule has 0 N–H and O–H groups in total. The molecule has 0 bridgehead atoms. The van der Waals surface area contributed by atoms with Crippen LogP contribution in [0.4, 0.5) is 0 Å². The highest BCUT2D eigenvalue weighted by Crippen LogP contribution is 2.43. The van der Waals surface area contributed by atoms with Crippen LogP contribution in [0.15, 0.2) is 29.4 Å². The van der Waals surface area contributed by atoms with Crippen LogP contribution >= 0.6 is 0 Å². The number of hydrogen-bond acceptors (Lipinski definition) is 2. The van der Waals surface area contributed by atoms with Crippen LogP contribution in [0.5, 0.6) is 0 Å². The van der Waals surface area contributed by atoms with Crippen molar-refractivity contribution in [1.82, 2.24) is 0 Å². The number of nitroso groups, excluding NO2 is 1. The largest absolute Gasteiger partial charge is 0.150 e. The maximum atomic E-state index is 10.6. The van der Waals surface area contributed by atoms with Gasteiger partial charge in [-0.05, 0) is 31.2 Å². The fourth-order valence-corrected chi connectivity index (χ4v) is 1.59. The molecule has 1 aromatic rings. The van der Waals surface area contributed by atoms with Gasteiger partial charge in [0.15, 0.2) is 0 Å². The first-order valence-electron chi connectivity index (χ1n) is 4.70. The van der Waals surface area contributed by atoms with E-state index in [9.17, 15) is 4.91 Å². The highest BCUT2D eigenvalue weighted by molar-refractivity contribution is 5.25. The fraction of sp³-hybridized carbons (Fsp3) is 0.455. The number of hydrogen-bond donors (Lipinski definition) is 0. The Bertz CT molecular complexity index is 300. The molecule has 1 aliphatic rings. The van der Waals surface area contributed by atoms with Gasteiger partial charge in [-0.3, -0.25) is 0 Å². The highest BCUT2D eigenvalue weighted by Gasteiger charge is 2.33. The van der Waals surface area contributed by atoms with Gasteiger partial charge in [-0.1, -0.05) is 35.0 Å². The second-order valence-corrected chi connectivity index (χ2v) is 3.80. The Kier molecular flexibility index (Phi) is 2.13. The van der Waals surface area contributed by atoms with E-state index in [1.807, 2.05) is 31.2 Å². The van der Waals surface area contributed by atoms with Crippen LogP contribution in [0.1, 0.15) is 30.0 Å². The Morgan fingerprint density at radius 1 is 1.31 bits per heavy atom. The molecular formula is C11H13NO. The molecule has 1 aromatic carbocycles. The van der Waals surface area contributed by atoms with E-state index in [1.165, 1.54) is 5.56 Å². The molecule has 0 spiro atoms. The Labute approximate surface area is 77.9 Å². The van der Waals surface area contributed by atoms with E-state index in [2.05, 4.69) is 5.18 Å². The van der Waals surface area contributed by atoms with Crippen LogP contribution < -0.4 is 0 Å². The van der Waals surface area contributed by atoms with Crippen LogP contribution in [0.3, 0.4) is 0 Å². The van der Waals surface area contributed by atoms with Gasteiger partial charge in [0.05, 0.1) is 0 Å². The van der Waals surface area contributed by atoms with Gasteiger partial charge in [-0.15, -0.1) is 0 Å². The van der Waals surface area contributed by atoms with Crippen LogP contribution in [0.25, 0.3) is 0 Å². The smallest absolute Gasteiger partial charge is 0.120 e. The van der Waals surface area contributed by atoms with Crippen molar-refractivity contribution >= 4 is 0 Å². The summed E-state index contributed by atoms with van der Waals surface area (Å²) < 4.78 is 0. The maximum absolute atomic E-state index is 10.6. The van der Waals surface area contributed by atoms with Crippen molar-refractivity contribution in [1.29, 1.82) is 0 Å². The average Bonchev–Trinajstić information content (AvgIpc) is 2.93. The first kappa shape index (κ1) is 8.42. The second kappa shape index (κ2) is 3.29. The zero-order chi connectivity index (χ0) is 9.26. The van der Waals surface area contributed by atoms with Gasteiger partial charge in [0.25, 0.3) is 0 Å². The summed E-state index contributed by atoms with van der Waals surface area (Å²) >= 11 is 0. The Morgan fingerprint density at radius 3 is 2.38 bits per heavy atom. The van der Waals surface area contributed by atoms with Gasteiger partial charge in [0.1, 0.15) is 6.04 Å². The molecule has 0 heterocycles. The molecule has 1 atom stereocenters. The van der Waals surface area contributed by atoms with Gasteiger partial charge < -0.3 is 0 Å². The highest BCUT2D eigenvalue weighted by atomic mass is 16.3. The number of aryl methyl sites for hydroxylation is 1. The summed E-state index contributed by atoms with van der Waals surface area (Å²) in [6, 6.07) is 8.01. The predicted molar refractivity (Wildman–Crippen MR) is 52.4 cm³/mol. The summed E-state index contributed by atoms with van der Waals surface area (Å²) in [5.74, 6) is 0.514. The van der Waals surface area contributed by atoms with Crippen molar-refractivity contribution < 1.29 is 0 Å². The summed E-state index contributed by atoms with van der Waals surface area (Å²) in [6.45, 7) is 2.05. The van der Waals surface area contributed by atoms with Crippen LogP contribution in [0, 0.1) is 17.7 Å². The van der Waals surface area contributed by atoms with Crippen molar-refractivity contribution in [2.24, 2.45) is 11.1 Å². The lowest BCUT2D eigenvalue weighted by Gasteiger charge is -2.07. The summed E-state index contributed by atoms with van der Waals surface area (Å²) in [6.07, 6.45) is 2.31. The van der Waals surface area contributed by atoms with E-state index < -0.39 is 0 Å². The molecule has 13 heavy (non-hydrogen) atoms. The monoisotopic (exact) mass is 175 g/mol. The lowest BCUT2D eigenvalue weighted by atomic mass is 10.0. The molecule has 1 aliphatic carbocycles. The van der Waals surface area contributed by atoms with Crippen molar-refractivity contribution in [3.8, 4) is 0 Å². The Morgan fingerprint density at radius 2 is 1.92 bits per heavy atom. The first-order valence-corrected chi connectivity index (χ1v) is 4.70. The Hall–Kier alpha value is -1.18. The quantitative estimate of drug-likeness (QED) is 0.648. The minimum Gasteiger partial charge on any atom is -0.150 e. The molecule has 2 rings (SSSR count). The zero-order valence-electron chi connectivity index (χ0n) is 7.73. The number of nitrogens with zero attached hydrogens (tertiary/aromatic N) is 1. The standard InChI is InChI=1S/C11H13NO/c1-8-2-4-9(5-3-8)11(12-13)10-6-7-10/h2-5,10-11H,6-7H2,1H3. The fourth-order valence-electron chi connectivity index (χ4n) is 1.59. The summed E-state index contributed by atoms with van der Waals surface area (Å²) in [5.41, 5.74) is 2.30. The topological polar surface area (TPSA) is 29.4 Å². The van der Waals surface area contributed by atoms with E-state index in [0.717, 1.165) is 18.4 Å². The minimum absolute atomic E-state index is 0.0967. The molecule has 0 aromatic heterocycles. The molecule has 1 fully saturated rings. The second-order valence-electron chi connectivity index (χ2n) is 3.80. The third-order valence-corrected chi connectivity index (χ3v) is 2.60. The van der Waals surface area contributed by atoms with E-state index in [0.29, 0.717) is 5.92 Å². The van der Waals surface area contributed by atoms with Gasteiger partial charge in [-0.2, -0.15) is 4.91 Å². The molecule has 0 saturated heterocycles. The van der Waals surface area contributed by atoms with Gasteiger partial charge in [0, 0.05) is 0 Å². The Balaban J connectivity index is 2.21. The third-order valence-electron chi connectivity index (χ3n) is 2.60. The predicted octanol–water partition coefficient (Wildman–Crippen LogP) is 3.21. The van der Waals surface area contributed by atoms with E-state index in [1.54, 1.807) is 0 Å². The van der Waals surface area contributed by atoms with Gasteiger partial charge in [-0.25, -0.2) is 0 Å². The van der Waals surface area contributed by atoms with E-state index in [4.69, 9.17) is 0 Å². The number of rotatable bonds is 3. The molecule has 2 nitrogen and oxygen atoms in total. The summed E-state index contributed by atoms with van der Waals surface area (Å²) in [5, 5.41) is 3.20. The lowest BCUT2D eigenvalue weighted by molar-refractivity contribution is 0.631. The third kappa shape index (κ3) is 1.77. The van der Waals surface area contributed by atoms with Crippen LogP contribution in [-0.2, 0) is 0 Å². The number of benzene rings is 1. The average molecular weight is 175 g/mol. The summed E-state index contributed by atoms with van der Waals surface area (Å²) in [4.78, 5) is 10.6. The van der Waals surface area contributed by atoms with Crippen molar-refractivity contribution in [3.63, 3.8) is 0 Å².